The molecule has 0 atom stereocenters. The molecule has 0 amide bonds. The number of aromatic nitrogens is 3. The van der Waals surface area contributed by atoms with Crippen molar-refractivity contribution in [3.05, 3.63) is 58.2 Å². The molecule has 4 N–H and O–H groups in total. The lowest BCUT2D eigenvalue weighted by Gasteiger charge is -2.11. The summed E-state index contributed by atoms with van der Waals surface area (Å²) in [4.78, 5) is 23.0. The van der Waals surface area contributed by atoms with E-state index in [0.717, 1.165) is 12.1 Å². The number of pyridine rings is 1. The number of benzene rings is 1. The standard InChI is InChI=1S/C18H16FN7O3/c1-21-17-10(8-20)5-11(9-23-17)13-3-4-22-18(24-13)25-14-7-15(26(27)28)12(19)6-16(14)29-2/h3-9,20H,1-2H3,(H,21,23)(H,22,24,25)/p+1. The molecule has 0 aliphatic rings. The molecule has 0 saturated carbocycles. The Labute approximate surface area is 164 Å². The highest BCUT2D eigenvalue weighted by Crippen LogP contribution is 2.33. The van der Waals surface area contributed by atoms with Gasteiger partial charge in [-0.05, 0) is 12.1 Å². The minimum atomic E-state index is -1.01. The number of nitrogens with zero attached hydrogens (tertiary/aromatic N) is 4. The van der Waals surface area contributed by atoms with Gasteiger partial charge >= 0.3 is 5.69 Å². The van der Waals surface area contributed by atoms with Crippen LogP contribution in [0.4, 0.5) is 27.5 Å². The number of hydrogen-bond acceptors (Lipinski definition) is 8. The van der Waals surface area contributed by atoms with E-state index < -0.39 is 16.4 Å². The number of anilines is 2. The molecule has 11 heteroatoms. The number of halogens is 1. The summed E-state index contributed by atoms with van der Waals surface area (Å²) in [5.41, 5.74) is 1.27. The van der Waals surface area contributed by atoms with Crippen LogP contribution in [0.3, 0.4) is 0 Å². The van der Waals surface area contributed by atoms with Gasteiger partial charge in [0.2, 0.25) is 17.6 Å². The monoisotopic (exact) mass is 398 g/mol. The van der Waals surface area contributed by atoms with Crippen LogP contribution in [0.25, 0.3) is 11.3 Å². The molecule has 3 rings (SSSR count). The molecule has 10 nitrogen and oxygen atoms in total. The van der Waals surface area contributed by atoms with E-state index in [9.17, 15) is 14.5 Å². The van der Waals surface area contributed by atoms with E-state index in [0.29, 0.717) is 22.6 Å². The van der Waals surface area contributed by atoms with Gasteiger partial charge in [-0.3, -0.25) is 15.4 Å². The Morgan fingerprint density at radius 1 is 1.34 bits per heavy atom. The van der Waals surface area contributed by atoms with Gasteiger partial charge < -0.3 is 15.5 Å². The number of nitrogens with two attached hydrogens (primary N) is 1. The van der Waals surface area contributed by atoms with Crippen molar-refractivity contribution in [1.82, 2.24) is 15.0 Å². The highest BCUT2D eigenvalue weighted by Gasteiger charge is 2.19. The topological polar surface area (TPSA) is 144 Å². The van der Waals surface area contributed by atoms with E-state index >= 15 is 0 Å². The van der Waals surface area contributed by atoms with Crippen molar-refractivity contribution in [3.63, 3.8) is 0 Å². The molecule has 0 aliphatic carbocycles. The highest BCUT2D eigenvalue weighted by atomic mass is 19.1. The molecule has 0 bridgehead atoms. The molecule has 2 aromatic heterocycles. The molecular weight excluding hydrogens is 381 g/mol. The molecule has 29 heavy (non-hydrogen) atoms. The number of nitrogens with one attached hydrogen (secondary N) is 2. The minimum absolute atomic E-state index is 0.0673. The third kappa shape index (κ3) is 4.14. The lowest BCUT2D eigenvalue weighted by molar-refractivity contribution is -0.543. The van der Waals surface area contributed by atoms with Crippen LogP contribution in [0.2, 0.25) is 0 Å². The number of hydrogen-bond donors (Lipinski definition) is 3. The fraction of sp³-hybridized carbons (Fsp3) is 0.111. The Kier molecular flexibility index (Phi) is 5.69. The summed E-state index contributed by atoms with van der Waals surface area (Å²) < 4.78 is 18.9. The van der Waals surface area contributed by atoms with Gasteiger partial charge in [-0.15, -0.1) is 0 Å². The molecule has 2 heterocycles. The molecule has 0 fully saturated rings. The lowest BCUT2D eigenvalue weighted by Crippen LogP contribution is -2.73. The predicted molar refractivity (Wildman–Crippen MR) is 104 cm³/mol. The molecule has 0 radical (unpaired) electrons. The van der Waals surface area contributed by atoms with Gasteiger partial charge in [0.05, 0.1) is 36.0 Å². The van der Waals surface area contributed by atoms with E-state index in [4.69, 9.17) is 10.1 Å². The number of nitro benzene ring substituents is 1. The third-order valence-corrected chi connectivity index (χ3v) is 4.04. The summed E-state index contributed by atoms with van der Waals surface area (Å²) in [5.74, 6) is -0.133. The first-order valence-corrected chi connectivity index (χ1v) is 8.39. The second-order valence-electron chi connectivity index (χ2n) is 5.78. The maximum absolute atomic E-state index is 13.8. The van der Waals surface area contributed by atoms with Gasteiger partial charge in [0, 0.05) is 36.3 Å². The maximum Gasteiger partial charge on any atom is 0.307 e. The Morgan fingerprint density at radius 3 is 2.79 bits per heavy atom. The van der Waals surface area contributed by atoms with Gasteiger partial charge in [0.1, 0.15) is 5.75 Å². The largest absolute Gasteiger partial charge is 0.494 e. The Balaban J connectivity index is 1.98. The van der Waals surface area contributed by atoms with Crippen molar-refractivity contribution in [1.29, 1.82) is 5.41 Å². The van der Waals surface area contributed by atoms with Crippen LogP contribution < -0.4 is 15.4 Å². The van der Waals surface area contributed by atoms with Crippen LogP contribution in [0.15, 0.2) is 36.7 Å². The smallest absolute Gasteiger partial charge is 0.307 e. The third-order valence-electron chi connectivity index (χ3n) is 4.04. The zero-order valence-corrected chi connectivity index (χ0v) is 15.5. The summed E-state index contributed by atoms with van der Waals surface area (Å²) in [6.07, 6.45) is 4.32. The average molecular weight is 398 g/mol. The van der Waals surface area contributed by atoms with Crippen LogP contribution in [-0.4, -0.2) is 40.2 Å². The van der Waals surface area contributed by atoms with E-state index in [-0.39, 0.29) is 17.4 Å². The second-order valence-corrected chi connectivity index (χ2v) is 5.78. The predicted octanol–water partition coefficient (Wildman–Crippen LogP) is 2.16. The van der Waals surface area contributed by atoms with Crippen LogP contribution in [-0.2, 0) is 0 Å². The molecule has 0 saturated heterocycles. The first-order valence-electron chi connectivity index (χ1n) is 8.39. The van der Waals surface area contributed by atoms with Gasteiger partial charge in [-0.2, -0.15) is 4.39 Å². The van der Waals surface area contributed by atoms with Crippen molar-refractivity contribution in [2.45, 2.75) is 0 Å². The van der Waals surface area contributed by atoms with Crippen LogP contribution >= 0.6 is 0 Å². The van der Waals surface area contributed by atoms with Crippen molar-refractivity contribution in [2.24, 2.45) is 0 Å². The van der Waals surface area contributed by atoms with E-state index in [1.54, 1.807) is 23.6 Å². The molecule has 1 aromatic carbocycles. The Bertz CT molecular complexity index is 1090. The SMILES string of the molecule is C[NH2+]c1ncc(-c2ccnc(Nc3cc([N+](=O)[O-])c(F)cc3OC)n2)cc1C=N. The highest BCUT2D eigenvalue weighted by molar-refractivity contribution is 5.84. The minimum Gasteiger partial charge on any atom is -0.494 e. The van der Waals surface area contributed by atoms with Crippen molar-refractivity contribution >= 4 is 29.4 Å². The number of quaternary nitrogens is 1. The number of nitro groups is 1. The van der Waals surface area contributed by atoms with Crippen LogP contribution in [0, 0.1) is 21.3 Å². The second kappa shape index (κ2) is 8.35. The Morgan fingerprint density at radius 2 is 2.14 bits per heavy atom. The molecule has 0 spiro atoms. The summed E-state index contributed by atoms with van der Waals surface area (Å²) >= 11 is 0. The first-order chi connectivity index (χ1) is 14.0. The van der Waals surface area contributed by atoms with E-state index in [2.05, 4.69) is 20.3 Å². The zero-order chi connectivity index (χ0) is 21.0. The van der Waals surface area contributed by atoms with E-state index in [1.165, 1.54) is 19.5 Å². The fourth-order valence-electron chi connectivity index (χ4n) is 2.64. The van der Waals surface area contributed by atoms with Gasteiger partial charge in [0.25, 0.3) is 0 Å². The molecule has 3 aromatic rings. The number of methoxy groups -OCH3 is 1. The Hall–Kier alpha value is -3.99. The maximum atomic E-state index is 13.8. The van der Waals surface area contributed by atoms with Gasteiger partial charge in [-0.25, -0.2) is 15.0 Å². The summed E-state index contributed by atoms with van der Waals surface area (Å²) in [5, 5.41) is 23.2. The van der Waals surface area contributed by atoms with Gasteiger partial charge in [0.15, 0.2) is 0 Å². The molecule has 0 aliphatic heterocycles. The molecular formula is C18H17FN7O3+. The molecule has 0 unspecified atom stereocenters. The van der Waals surface area contributed by atoms with Crippen molar-refractivity contribution in [2.75, 3.05) is 19.5 Å². The van der Waals surface area contributed by atoms with Crippen LogP contribution in [0.5, 0.6) is 5.75 Å². The zero-order valence-electron chi connectivity index (χ0n) is 15.5. The van der Waals surface area contributed by atoms with E-state index in [1.807, 2.05) is 7.05 Å². The summed E-state index contributed by atoms with van der Waals surface area (Å²) in [7, 11) is 3.15. The summed E-state index contributed by atoms with van der Waals surface area (Å²) in [6.45, 7) is 0. The quantitative estimate of drug-likeness (QED) is 0.314. The number of ether oxygens (including phenoxy) is 1. The average Bonchev–Trinajstić information content (AvgIpc) is 2.74. The van der Waals surface area contributed by atoms with Gasteiger partial charge in [-0.1, -0.05) is 0 Å². The van der Waals surface area contributed by atoms with Crippen LogP contribution in [0.1, 0.15) is 5.56 Å². The number of rotatable bonds is 7. The van der Waals surface area contributed by atoms with Crippen molar-refractivity contribution in [3.8, 4) is 17.0 Å². The first kappa shape index (κ1) is 19.8. The van der Waals surface area contributed by atoms with Crippen molar-refractivity contribution < 1.29 is 19.4 Å². The fourth-order valence-corrected chi connectivity index (χ4v) is 2.64. The lowest BCUT2D eigenvalue weighted by atomic mass is 10.1. The molecule has 148 valence electrons. The summed E-state index contributed by atoms with van der Waals surface area (Å²) in [6, 6.07) is 5.37. The normalized spacial score (nSPS) is 10.4.